The van der Waals surface area contributed by atoms with Crippen molar-refractivity contribution >= 4 is 11.6 Å². The zero-order chi connectivity index (χ0) is 17.9. The van der Waals surface area contributed by atoms with Crippen LogP contribution in [0.15, 0.2) is 24.3 Å². The van der Waals surface area contributed by atoms with E-state index in [-0.39, 0.29) is 18.1 Å². The van der Waals surface area contributed by atoms with Gasteiger partial charge in [-0.3, -0.25) is 19.6 Å². The number of benzene rings is 1. The number of amides is 1. The van der Waals surface area contributed by atoms with Gasteiger partial charge in [0.25, 0.3) is 0 Å². The molecule has 0 aliphatic rings. The first kappa shape index (κ1) is 17.5. The van der Waals surface area contributed by atoms with E-state index in [0.29, 0.717) is 17.9 Å². The van der Waals surface area contributed by atoms with Gasteiger partial charge in [-0.1, -0.05) is 12.1 Å². The van der Waals surface area contributed by atoms with Crippen LogP contribution in [0.1, 0.15) is 17.0 Å². The molecule has 0 radical (unpaired) electrons. The summed E-state index contributed by atoms with van der Waals surface area (Å²) in [6.07, 6.45) is 0. The molecule has 1 aromatic carbocycles. The van der Waals surface area contributed by atoms with E-state index in [1.807, 2.05) is 24.3 Å². The molecule has 0 saturated carbocycles. The Bertz CT molecular complexity index is 769. The van der Waals surface area contributed by atoms with Crippen LogP contribution in [-0.4, -0.2) is 39.7 Å². The minimum absolute atomic E-state index is 0.0407. The van der Waals surface area contributed by atoms with Gasteiger partial charge in [-0.2, -0.15) is 5.10 Å². The summed E-state index contributed by atoms with van der Waals surface area (Å²) in [7, 11) is 3.27. The van der Waals surface area contributed by atoms with Crippen LogP contribution in [0.5, 0.6) is 5.75 Å². The lowest BCUT2D eigenvalue weighted by molar-refractivity contribution is -0.386. The van der Waals surface area contributed by atoms with Crippen molar-refractivity contribution in [3.05, 3.63) is 51.3 Å². The number of carbonyl (C=O) groups excluding carboxylic acids is 1. The summed E-state index contributed by atoms with van der Waals surface area (Å²) < 4.78 is 6.54. The predicted octanol–water partition coefficient (Wildman–Crippen LogP) is 2.08. The van der Waals surface area contributed by atoms with Crippen LogP contribution >= 0.6 is 0 Å². The second-order valence-corrected chi connectivity index (χ2v) is 5.54. The molecule has 8 nitrogen and oxygen atoms in total. The highest BCUT2D eigenvalue weighted by molar-refractivity contribution is 5.75. The maximum absolute atomic E-state index is 12.4. The molecule has 0 N–H and O–H groups in total. The first-order valence-electron chi connectivity index (χ1n) is 7.38. The van der Waals surface area contributed by atoms with Crippen molar-refractivity contribution in [1.82, 2.24) is 14.7 Å². The summed E-state index contributed by atoms with van der Waals surface area (Å²) in [5.74, 6) is 0.542. The molecular formula is C16H20N4O4. The van der Waals surface area contributed by atoms with Crippen LogP contribution in [0.4, 0.5) is 5.69 Å². The van der Waals surface area contributed by atoms with Crippen molar-refractivity contribution in [3.8, 4) is 5.75 Å². The van der Waals surface area contributed by atoms with Gasteiger partial charge in [-0.15, -0.1) is 0 Å². The fourth-order valence-electron chi connectivity index (χ4n) is 2.49. The monoisotopic (exact) mass is 332 g/mol. The number of likely N-dealkylation sites (N-methyl/N-ethyl adjacent to an activating group) is 1. The van der Waals surface area contributed by atoms with Crippen molar-refractivity contribution in [2.45, 2.75) is 26.9 Å². The highest BCUT2D eigenvalue weighted by atomic mass is 16.6. The van der Waals surface area contributed by atoms with Crippen molar-refractivity contribution < 1.29 is 14.5 Å². The number of nitrogens with zero attached hydrogens (tertiary/aromatic N) is 4. The molecular weight excluding hydrogens is 312 g/mol. The second kappa shape index (κ2) is 7.12. The van der Waals surface area contributed by atoms with Gasteiger partial charge >= 0.3 is 5.69 Å². The standard InChI is InChI=1S/C16H20N4O4/c1-11-16(20(22)23)12(2)19(17-11)10-15(21)18(3)9-13-6-5-7-14(8-13)24-4/h5-8H,9-10H2,1-4H3. The molecule has 0 atom stereocenters. The summed E-state index contributed by atoms with van der Waals surface area (Å²) in [5, 5.41) is 15.1. The lowest BCUT2D eigenvalue weighted by Gasteiger charge is -2.18. The van der Waals surface area contributed by atoms with Gasteiger partial charge in [0.05, 0.1) is 12.0 Å². The van der Waals surface area contributed by atoms with Crippen LogP contribution < -0.4 is 4.74 Å². The molecule has 2 aromatic rings. The van der Waals surface area contributed by atoms with Crippen LogP contribution in [0.3, 0.4) is 0 Å². The highest BCUT2D eigenvalue weighted by Gasteiger charge is 2.23. The summed E-state index contributed by atoms with van der Waals surface area (Å²) in [4.78, 5) is 24.5. The maximum atomic E-state index is 12.4. The number of nitro groups is 1. The summed E-state index contributed by atoms with van der Waals surface area (Å²) in [6.45, 7) is 3.53. The molecule has 8 heteroatoms. The van der Waals surface area contributed by atoms with Crippen molar-refractivity contribution in [2.24, 2.45) is 0 Å². The number of carbonyl (C=O) groups is 1. The Morgan fingerprint density at radius 1 is 1.42 bits per heavy atom. The van der Waals surface area contributed by atoms with E-state index in [2.05, 4.69) is 5.10 Å². The number of aryl methyl sites for hydroxylation is 1. The Hall–Kier alpha value is -2.90. The third kappa shape index (κ3) is 3.70. The summed E-state index contributed by atoms with van der Waals surface area (Å²) in [5.41, 5.74) is 1.57. The molecule has 0 fully saturated rings. The molecule has 0 saturated heterocycles. The topological polar surface area (TPSA) is 90.5 Å². The van der Waals surface area contributed by atoms with E-state index in [1.54, 1.807) is 32.9 Å². The molecule has 1 heterocycles. The number of hydrogen-bond donors (Lipinski definition) is 0. The average molecular weight is 332 g/mol. The van der Waals surface area contributed by atoms with E-state index in [4.69, 9.17) is 4.74 Å². The van der Waals surface area contributed by atoms with E-state index in [9.17, 15) is 14.9 Å². The van der Waals surface area contributed by atoms with Crippen LogP contribution in [0, 0.1) is 24.0 Å². The van der Waals surface area contributed by atoms with Gasteiger partial charge in [-0.05, 0) is 31.5 Å². The third-order valence-electron chi connectivity index (χ3n) is 3.79. The van der Waals surface area contributed by atoms with Crippen LogP contribution in [-0.2, 0) is 17.9 Å². The first-order valence-corrected chi connectivity index (χ1v) is 7.38. The molecule has 0 unspecified atom stereocenters. The minimum Gasteiger partial charge on any atom is -0.497 e. The molecule has 0 bridgehead atoms. The Labute approximate surface area is 139 Å². The molecule has 0 aliphatic carbocycles. The van der Waals surface area contributed by atoms with E-state index >= 15 is 0 Å². The van der Waals surface area contributed by atoms with Gasteiger partial charge in [0.2, 0.25) is 5.91 Å². The number of rotatable bonds is 6. The Morgan fingerprint density at radius 2 is 2.12 bits per heavy atom. The van der Waals surface area contributed by atoms with Gasteiger partial charge in [0.1, 0.15) is 23.7 Å². The normalized spacial score (nSPS) is 10.5. The highest BCUT2D eigenvalue weighted by Crippen LogP contribution is 2.22. The van der Waals surface area contributed by atoms with Crippen molar-refractivity contribution in [2.75, 3.05) is 14.2 Å². The van der Waals surface area contributed by atoms with E-state index < -0.39 is 4.92 Å². The van der Waals surface area contributed by atoms with E-state index in [1.165, 1.54) is 4.68 Å². The number of aromatic nitrogens is 2. The Kier molecular flexibility index (Phi) is 5.18. The summed E-state index contributed by atoms with van der Waals surface area (Å²) >= 11 is 0. The Morgan fingerprint density at radius 3 is 2.71 bits per heavy atom. The molecule has 1 aromatic heterocycles. The van der Waals surface area contributed by atoms with Gasteiger partial charge in [0.15, 0.2) is 0 Å². The van der Waals surface area contributed by atoms with Crippen molar-refractivity contribution in [3.63, 3.8) is 0 Å². The fourth-order valence-corrected chi connectivity index (χ4v) is 2.49. The van der Waals surface area contributed by atoms with Crippen LogP contribution in [0.2, 0.25) is 0 Å². The minimum atomic E-state index is -0.474. The number of methoxy groups -OCH3 is 1. The molecule has 128 valence electrons. The molecule has 24 heavy (non-hydrogen) atoms. The lowest BCUT2D eigenvalue weighted by Crippen LogP contribution is -2.30. The number of ether oxygens (including phenoxy) is 1. The van der Waals surface area contributed by atoms with Gasteiger partial charge in [-0.25, -0.2) is 0 Å². The smallest absolute Gasteiger partial charge is 0.312 e. The molecule has 0 aliphatic heterocycles. The van der Waals surface area contributed by atoms with E-state index in [0.717, 1.165) is 11.3 Å². The molecule has 0 spiro atoms. The summed E-state index contributed by atoms with van der Waals surface area (Å²) in [6, 6.07) is 7.45. The maximum Gasteiger partial charge on any atom is 0.312 e. The molecule has 1 amide bonds. The van der Waals surface area contributed by atoms with Crippen molar-refractivity contribution in [1.29, 1.82) is 0 Å². The fraction of sp³-hybridized carbons (Fsp3) is 0.375. The van der Waals surface area contributed by atoms with Crippen LogP contribution in [0.25, 0.3) is 0 Å². The third-order valence-corrected chi connectivity index (χ3v) is 3.79. The first-order chi connectivity index (χ1) is 11.3. The zero-order valence-electron chi connectivity index (χ0n) is 14.1. The average Bonchev–Trinajstić information content (AvgIpc) is 2.81. The predicted molar refractivity (Wildman–Crippen MR) is 87.8 cm³/mol. The van der Waals surface area contributed by atoms with Gasteiger partial charge < -0.3 is 9.64 Å². The largest absolute Gasteiger partial charge is 0.497 e. The number of hydrogen-bond acceptors (Lipinski definition) is 5. The lowest BCUT2D eigenvalue weighted by atomic mass is 10.2. The Balaban J connectivity index is 2.09. The zero-order valence-corrected chi connectivity index (χ0v) is 14.1. The second-order valence-electron chi connectivity index (χ2n) is 5.54. The molecule has 2 rings (SSSR count). The van der Waals surface area contributed by atoms with Gasteiger partial charge in [0, 0.05) is 13.6 Å². The quantitative estimate of drug-likeness (QED) is 0.596. The SMILES string of the molecule is COc1cccc(CN(C)C(=O)Cn2nc(C)c([N+](=O)[O-])c2C)c1.